The Bertz CT molecular complexity index is 1030. The quantitative estimate of drug-likeness (QED) is 0.726. The molecule has 2 aromatic carbocycles. The molecule has 30 heavy (non-hydrogen) atoms. The second-order valence-corrected chi connectivity index (χ2v) is 9.29. The minimum absolute atomic E-state index is 0.0869. The van der Waals surface area contributed by atoms with E-state index in [2.05, 4.69) is 5.32 Å². The Morgan fingerprint density at radius 2 is 1.90 bits per heavy atom. The number of carbonyl (C=O) groups is 2. The average Bonchev–Trinajstić information content (AvgIpc) is 3.11. The first kappa shape index (κ1) is 21.8. The summed E-state index contributed by atoms with van der Waals surface area (Å²) in [5, 5.41) is 2.73. The Balaban J connectivity index is 1.69. The predicted octanol–water partition coefficient (Wildman–Crippen LogP) is 2.33. The highest BCUT2D eigenvalue weighted by atomic mass is 32.2. The second-order valence-electron chi connectivity index (χ2n) is 7.14. The standard InChI is InChI=1S/C21H25N3O5S/c1-4-29-18-10-8-17(9-11-18)24-14-15(12-20(24)25)21(26)22-16-6-5-7-19(13-16)30(27,28)23(2)3/h5-11,13,15H,4,12,14H2,1-3H3,(H,22,26). The molecule has 1 unspecified atom stereocenters. The summed E-state index contributed by atoms with van der Waals surface area (Å²) in [4.78, 5) is 26.8. The van der Waals surface area contributed by atoms with Crippen LogP contribution in [0.4, 0.5) is 11.4 Å². The molecule has 3 rings (SSSR count). The fraction of sp³-hybridized carbons (Fsp3) is 0.333. The van der Waals surface area contributed by atoms with Crippen LogP contribution in [0.25, 0.3) is 0 Å². The van der Waals surface area contributed by atoms with E-state index in [9.17, 15) is 18.0 Å². The molecule has 2 aromatic rings. The van der Waals surface area contributed by atoms with Crippen LogP contribution in [0.5, 0.6) is 5.75 Å². The smallest absolute Gasteiger partial charge is 0.242 e. The number of hydrogen-bond donors (Lipinski definition) is 1. The van der Waals surface area contributed by atoms with E-state index < -0.39 is 15.9 Å². The van der Waals surface area contributed by atoms with Crippen LogP contribution in [-0.4, -0.2) is 51.8 Å². The topological polar surface area (TPSA) is 96.0 Å². The molecule has 0 spiro atoms. The molecule has 1 heterocycles. The van der Waals surface area contributed by atoms with Gasteiger partial charge < -0.3 is 15.0 Å². The maximum atomic E-state index is 12.7. The summed E-state index contributed by atoms with van der Waals surface area (Å²) < 4.78 is 31.1. The van der Waals surface area contributed by atoms with Crippen LogP contribution in [0.3, 0.4) is 0 Å². The molecule has 1 fully saturated rings. The number of benzene rings is 2. The third-order valence-corrected chi connectivity index (χ3v) is 6.65. The van der Waals surface area contributed by atoms with Crippen LogP contribution in [0.15, 0.2) is 53.4 Å². The van der Waals surface area contributed by atoms with Gasteiger partial charge in [0, 0.05) is 38.4 Å². The van der Waals surface area contributed by atoms with Crippen LogP contribution in [0.2, 0.25) is 0 Å². The van der Waals surface area contributed by atoms with Gasteiger partial charge in [0.25, 0.3) is 0 Å². The van der Waals surface area contributed by atoms with E-state index in [1.54, 1.807) is 41.3 Å². The van der Waals surface area contributed by atoms with E-state index in [1.807, 2.05) is 6.92 Å². The van der Waals surface area contributed by atoms with Gasteiger partial charge in [-0.1, -0.05) is 6.07 Å². The number of amides is 2. The summed E-state index contributed by atoms with van der Waals surface area (Å²) in [6.45, 7) is 2.71. The van der Waals surface area contributed by atoms with Gasteiger partial charge in [-0.15, -0.1) is 0 Å². The van der Waals surface area contributed by atoms with Crippen LogP contribution < -0.4 is 15.0 Å². The van der Waals surface area contributed by atoms with Crippen molar-refractivity contribution >= 4 is 33.2 Å². The number of sulfonamides is 1. The molecule has 0 bridgehead atoms. The Hall–Kier alpha value is -2.91. The largest absolute Gasteiger partial charge is 0.494 e. The first-order valence-corrected chi connectivity index (χ1v) is 11.0. The van der Waals surface area contributed by atoms with Crippen molar-refractivity contribution in [3.63, 3.8) is 0 Å². The van der Waals surface area contributed by atoms with Gasteiger partial charge in [0.15, 0.2) is 0 Å². The fourth-order valence-corrected chi connectivity index (χ4v) is 4.16. The van der Waals surface area contributed by atoms with Gasteiger partial charge in [-0.05, 0) is 49.4 Å². The molecule has 1 aliphatic rings. The van der Waals surface area contributed by atoms with E-state index in [4.69, 9.17) is 4.74 Å². The lowest BCUT2D eigenvalue weighted by Crippen LogP contribution is -2.28. The summed E-state index contributed by atoms with van der Waals surface area (Å²) in [5.74, 6) is -0.271. The zero-order valence-corrected chi connectivity index (χ0v) is 18.0. The highest BCUT2D eigenvalue weighted by Gasteiger charge is 2.35. The minimum Gasteiger partial charge on any atom is -0.494 e. The summed E-state index contributed by atoms with van der Waals surface area (Å²) in [6.07, 6.45) is 0.0920. The number of carbonyl (C=O) groups excluding carboxylic acids is 2. The number of rotatable bonds is 7. The molecule has 0 aromatic heterocycles. The molecule has 0 radical (unpaired) electrons. The number of anilines is 2. The second kappa shape index (κ2) is 8.85. The van der Waals surface area contributed by atoms with Crippen molar-refractivity contribution in [2.75, 3.05) is 37.5 Å². The van der Waals surface area contributed by atoms with Crippen molar-refractivity contribution in [2.24, 2.45) is 5.92 Å². The molecule has 160 valence electrons. The predicted molar refractivity (Wildman–Crippen MR) is 114 cm³/mol. The van der Waals surface area contributed by atoms with E-state index in [0.29, 0.717) is 18.0 Å². The van der Waals surface area contributed by atoms with Crippen molar-refractivity contribution in [2.45, 2.75) is 18.2 Å². The molecular formula is C21H25N3O5S. The molecule has 2 amide bonds. The molecule has 1 aliphatic heterocycles. The van der Waals surface area contributed by atoms with Crippen molar-refractivity contribution in [1.29, 1.82) is 0 Å². The average molecular weight is 432 g/mol. The highest BCUT2D eigenvalue weighted by Crippen LogP contribution is 2.28. The van der Waals surface area contributed by atoms with Crippen LogP contribution in [-0.2, 0) is 19.6 Å². The Morgan fingerprint density at radius 3 is 2.53 bits per heavy atom. The number of ether oxygens (including phenoxy) is 1. The van der Waals surface area contributed by atoms with Gasteiger partial charge >= 0.3 is 0 Å². The van der Waals surface area contributed by atoms with E-state index >= 15 is 0 Å². The highest BCUT2D eigenvalue weighted by molar-refractivity contribution is 7.89. The number of nitrogens with one attached hydrogen (secondary N) is 1. The third-order valence-electron chi connectivity index (χ3n) is 4.84. The van der Waals surface area contributed by atoms with Crippen molar-refractivity contribution in [3.8, 4) is 5.75 Å². The molecule has 1 atom stereocenters. The summed E-state index contributed by atoms with van der Waals surface area (Å²) >= 11 is 0. The SMILES string of the molecule is CCOc1ccc(N2CC(C(=O)Nc3cccc(S(=O)(=O)N(C)C)c3)CC2=O)cc1. The first-order chi connectivity index (χ1) is 14.2. The zero-order valence-electron chi connectivity index (χ0n) is 17.2. The maximum Gasteiger partial charge on any atom is 0.242 e. The van der Waals surface area contributed by atoms with Crippen molar-refractivity contribution in [1.82, 2.24) is 4.31 Å². The molecule has 0 aliphatic carbocycles. The lowest BCUT2D eigenvalue weighted by atomic mass is 10.1. The van der Waals surface area contributed by atoms with Gasteiger partial charge in [-0.3, -0.25) is 9.59 Å². The summed E-state index contributed by atoms with van der Waals surface area (Å²) in [7, 11) is -0.717. The molecule has 0 saturated carbocycles. The van der Waals surface area contributed by atoms with Gasteiger partial charge in [0.05, 0.1) is 17.4 Å². The van der Waals surface area contributed by atoms with Gasteiger partial charge in [-0.25, -0.2) is 12.7 Å². The Labute approximate surface area is 176 Å². The van der Waals surface area contributed by atoms with E-state index in [-0.39, 0.29) is 29.7 Å². The lowest BCUT2D eigenvalue weighted by Gasteiger charge is -2.17. The van der Waals surface area contributed by atoms with Crippen LogP contribution in [0.1, 0.15) is 13.3 Å². The fourth-order valence-electron chi connectivity index (χ4n) is 3.21. The number of hydrogen-bond acceptors (Lipinski definition) is 5. The molecular weight excluding hydrogens is 406 g/mol. The molecule has 1 saturated heterocycles. The summed E-state index contributed by atoms with van der Waals surface area (Å²) in [5.41, 5.74) is 1.08. The van der Waals surface area contributed by atoms with E-state index in [0.717, 1.165) is 10.1 Å². The van der Waals surface area contributed by atoms with Crippen LogP contribution >= 0.6 is 0 Å². The molecule has 9 heteroatoms. The van der Waals surface area contributed by atoms with E-state index in [1.165, 1.54) is 26.2 Å². The zero-order chi connectivity index (χ0) is 21.9. The monoisotopic (exact) mass is 431 g/mol. The van der Waals surface area contributed by atoms with Crippen molar-refractivity contribution in [3.05, 3.63) is 48.5 Å². The lowest BCUT2D eigenvalue weighted by molar-refractivity contribution is -0.122. The maximum absolute atomic E-state index is 12.7. The van der Waals surface area contributed by atoms with Gasteiger partial charge in [0.1, 0.15) is 5.75 Å². The van der Waals surface area contributed by atoms with Crippen LogP contribution in [0, 0.1) is 5.92 Å². The van der Waals surface area contributed by atoms with Gasteiger partial charge in [-0.2, -0.15) is 0 Å². The van der Waals surface area contributed by atoms with Gasteiger partial charge in [0.2, 0.25) is 21.8 Å². The van der Waals surface area contributed by atoms with Crippen molar-refractivity contribution < 1.29 is 22.7 Å². The Morgan fingerprint density at radius 1 is 1.20 bits per heavy atom. The third kappa shape index (κ3) is 4.63. The Kier molecular flexibility index (Phi) is 6.42. The normalized spacial score (nSPS) is 16.7. The number of nitrogens with zero attached hydrogens (tertiary/aromatic N) is 2. The summed E-state index contributed by atoms with van der Waals surface area (Å²) in [6, 6.07) is 13.2. The molecule has 1 N–H and O–H groups in total. The molecule has 8 nitrogen and oxygen atoms in total. The first-order valence-electron chi connectivity index (χ1n) is 9.59. The minimum atomic E-state index is -3.61.